The van der Waals surface area contributed by atoms with Crippen LogP contribution in [0.1, 0.15) is 23.0 Å². The molecule has 0 saturated heterocycles. The van der Waals surface area contributed by atoms with Crippen LogP contribution in [0.15, 0.2) is 23.2 Å². The number of carboxylic acid groups (broad SMARTS) is 1. The van der Waals surface area contributed by atoms with Gasteiger partial charge in [0.25, 0.3) is 0 Å². The van der Waals surface area contributed by atoms with Crippen LogP contribution < -0.4 is 5.32 Å². The molecule has 17 heavy (non-hydrogen) atoms. The Morgan fingerprint density at radius 1 is 1.59 bits per heavy atom. The molecule has 2 aromatic heterocycles. The molecule has 1 aliphatic heterocycles. The zero-order valence-electron chi connectivity index (χ0n) is 8.88. The van der Waals surface area contributed by atoms with E-state index in [-0.39, 0.29) is 6.04 Å². The molecule has 0 fully saturated rings. The summed E-state index contributed by atoms with van der Waals surface area (Å²) in [5.41, 5.74) is 2.88. The normalized spacial score (nSPS) is 23.3. The molecule has 0 saturated carbocycles. The molecule has 3 rings (SSSR count). The first kappa shape index (κ1) is 10.5. The van der Waals surface area contributed by atoms with Gasteiger partial charge in [0.05, 0.1) is 18.1 Å². The number of aromatic amines is 1. The van der Waals surface area contributed by atoms with Crippen LogP contribution in [-0.2, 0) is 11.2 Å². The van der Waals surface area contributed by atoms with E-state index in [4.69, 9.17) is 5.11 Å². The van der Waals surface area contributed by atoms with Gasteiger partial charge in [0.15, 0.2) is 0 Å². The summed E-state index contributed by atoms with van der Waals surface area (Å²) in [6.45, 7) is 0. The van der Waals surface area contributed by atoms with E-state index in [2.05, 4.69) is 15.3 Å². The number of carbonyl (C=O) groups is 1. The lowest BCUT2D eigenvalue weighted by Crippen LogP contribution is -2.45. The Balaban J connectivity index is 2.01. The van der Waals surface area contributed by atoms with E-state index < -0.39 is 12.0 Å². The maximum Gasteiger partial charge on any atom is 0.321 e. The second kappa shape index (κ2) is 3.97. The number of fused-ring (bicyclic) bond motifs is 1. The number of hydrogen-bond acceptors (Lipinski definition) is 4. The molecule has 0 aliphatic carbocycles. The van der Waals surface area contributed by atoms with Crippen molar-refractivity contribution in [1.29, 1.82) is 0 Å². The van der Waals surface area contributed by atoms with Crippen molar-refractivity contribution < 1.29 is 9.90 Å². The Bertz CT molecular complexity index is 535. The number of imidazole rings is 1. The predicted octanol–water partition coefficient (Wildman–Crippen LogP) is 1.16. The van der Waals surface area contributed by atoms with Crippen LogP contribution in [-0.4, -0.2) is 27.1 Å². The molecule has 0 amide bonds. The molecule has 3 N–H and O–H groups in total. The summed E-state index contributed by atoms with van der Waals surface area (Å²) >= 11 is 1.59. The van der Waals surface area contributed by atoms with Gasteiger partial charge in [0.1, 0.15) is 6.04 Å². The van der Waals surface area contributed by atoms with Crippen LogP contribution in [0.2, 0.25) is 0 Å². The zero-order valence-corrected chi connectivity index (χ0v) is 9.70. The molecule has 0 bridgehead atoms. The van der Waals surface area contributed by atoms with Crippen molar-refractivity contribution in [2.75, 3.05) is 0 Å². The molecule has 2 aromatic rings. The van der Waals surface area contributed by atoms with Gasteiger partial charge in [-0.1, -0.05) is 0 Å². The molecule has 2 atom stereocenters. The lowest BCUT2D eigenvalue weighted by Gasteiger charge is -2.27. The first-order chi connectivity index (χ1) is 8.25. The van der Waals surface area contributed by atoms with Crippen molar-refractivity contribution in [2.45, 2.75) is 18.5 Å². The third-order valence-electron chi connectivity index (χ3n) is 2.98. The fourth-order valence-electron chi connectivity index (χ4n) is 2.14. The largest absolute Gasteiger partial charge is 0.480 e. The third-order valence-corrected chi connectivity index (χ3v) is 3.68. The Morgan fingerprint density at radius 3 is 3.18 bits per heavy atom. The van der Waals surface area contributed by atoms with Crippen LogP contribution in [0.25, 0.3) is 0 Å². The minimum absolute atomic E-state index is 0.127. The quantitative estimate of drug-likeness (QED) is 0.746. The number of aliphatic carboxylic acids is 1. The number of H-pyrrole nitrogens is 1. The smallest absolute Gasteiger partial charge is 0.321 e. The van der Waals surface area contributed by atoms with Gasteiger partial charge in [-0.25, -0.2) is 4.98 Å². The molecular formula is C11H11N3O2S. The molecule has 0 unspecified atom stereocenters. The van der Waals surface area contributed by atoms with Crippen molar-refractivity contribution in [1.82, 2.24) is 15.3 Å². The predicted molar refractivity (Wildman–Crippen MR) is 63.0 cm³/mol. The minimum atomic E-state index is -0.828. The fourth-order valence-corrected chi connectivity index (χ4v) is 2.83. The van der Waals surface area contributed by atoms with Crippen molar-refractivity contribution in [2.24, 2.45) is 0 Å². The van der Waals surface area contributed by atoms with Crippen molar-refractivity contribution in [3.63, 3.8) is 0 Å². The van der Waals surface area contributed by atoms with Crippen LogP contribution in [0.3, 0.4) is 0 Å². The highest BCUT2D eigenvalue weighted by atomic mass is 32.1. The van der Waals surface area contributed by atoms with Gasteiger partial charge >= 0.3 is 5.97 Å². The summed E-state index contributed by atoms with van der Waals surface area (Å²) in [7, 11) is 0. The number of nitrogens with zero attached hydrogens (tertiary/aromatic N) is 1. The second-order valence-electron chi connectivity index (χ2n) is 4.02. The third kappa shape index (κ3) is 1.75. The van der Waals surface area contributed by atoms with Gasteiger partial charge < -0.3 is 10.1 Å². The Hall–Kier alpha value is -1.66. The monoisotopic (exact) mass is 249 g/mol. The summed E-state index contributed by atoms with van der Waals surface area (Å²) in [5.74, 6) is -0.828. The topological polar surface area (TPSA) is 78.0 Å². The van der Waals surface area contributed by atoms with Gasteiger partial charge in [-0.15, -0.1) is 0 Å². The van der Waals surface area contributed by atoms with Gasteiger partial charge in [-0.3, -0.25) is 10.1 Å². The standard InChI is InChI=1S/C11H11N3O2S/c15-11(16)8-3-7-10(13-5-12-7)9(14-8)6-1-2-17-4-6/h1-2,4-5,8-9,14H,3H2,(H,12,13)(H,15,16)/t8-,9-/m1/s1. The number of aromatic nitrogens is 2. The lowest BCUT2D eigenvalue weighted by atomic mass is 9.96. The maximum absolute atomic E-state index is 11.1. The molecule has 6 heteroatoms. The number of thiophene rings is 1. The first-order valence-corrected chi connectivity index (χ1v) is 6.23. The molecule has 88 valence electrons. The van der Waals surface area contributed by atoms with E-state index in [0.717, 1.165) is 17.0 Å². The summed E-state index contributed by atoms with van der Waals surface area (Å²) in [6, 6.07) is 1.30. The molecular weight excluding hydrogens is 238 g/mol. The zero-order chi connectivity index (χ0) is 11.8. The Kier molecular flexibility index (Phi) is 2.45. The van der Waals surface area contributed by atoms with Crippen LogP contribution in [0.5, 0.6) is 0 Å². The van der Waals surface area contributed by atoms with Gasteiger partial charge in [0, 0.05) is 12.1 Å². The van der Waals surface area contributed by atoms with Gasteiger partial charge in [-0.2, -0.15) is 11.3 Å². The van der Waals surface area contributed by atoms with Gasteiger partial charge in [-0.05, 0) is 22.4 Å². The van der Waals surface area contributed by atoms with E-state index in [1.54, 1.807) is 17.7 Å². The highest BCUT2D eigenvalue weighted by Crippen LogP contribution is 2.29. The molecule has 5 nitrogen and oxygen atoms in total. The van der Waals surface area contributed by atoms with E-state index in [9.17, 15) is 4.79 Å². The molecule has 0 radical (unpaired) electrons. The Morgan fingerprint density at radius 2 is 2.47 bits per heavy atom. The van der Waals surface area contributed by atoms with Crippen molar-refractivity contribution >= 4 is 17.3 Å². The number of hydrogen-bond donors (Lipinski definition) is 3. The highest BCUT2D eigenvalue weighted by molar-refractivity contribution is 7.08. The van der Waals surface area contributed by atoms with E-state index in [0.29, 0.717) is 6.42 Å². The summed E-state index contributed by atoms with van der Waals surface area (Å²) in [5, 5.41) is 16.2. The molecule has 0 aromatic carbocycles. The minimum Gasteiger partial charge on any atom is -0.480 e. The molecule has 1 aliphatic rings. The second-order valence-corrected chi connectivity index (χ2v) is 4.80. The van der Waals surface area contributed by atoms with Gasteiger partial charge in [0.2, 0.25) is 0 Å². The van der Waals surface area contributed by atoms with E-state index in [1.165, 1.54) is 0 Å². The molecule has 3 heterocycles. The number of carboxylic acids is 1. The SMILES string of the molecule is O=C(O)[C@H]1Cc2[nH]cnc2[C@@H](c2ccsc2)N1. The summed E-state index contributed by atoms with van der Waals surface area (Å²) in [6.07, 6.45) is 2.07. The lowest BCUT2D eigenvalue weighted by molar-refractivity contribution is -0.139. The van der Waals surface area contributed by atoms with Crippen LogP contribution >= 0.6 is 11.3 Å². The Labute approximate surface area is 102 Å². The van der Waals surface area contributed by atoms with Crippen LogP contribution in [0, 0.1) is 0 Å². The van der Waals surface area contributed by atoms with Crippen LogP contribution in [0.4, 0.5) is 0 Å². The highest BCUT2D eigenvalue weighted by Gasteiger charge is 2.33. The first-order valence-electron chi connectivity index (χ1n) is 5.29. The average Bonchev–Trinajstić information content (AvgIpc) is 2.98. The van der Waals surface area contributed by atoms with Crippen molar-refractivity contribution in [3.8, 4) is 0 Å². The summed E-state index contributed by atoms with van der Waals surface area (Å²) in [4.78, 5) is 18.4. The number of nitrogens with one attached hydrogen (secondary N) is 2. The van der Waals surface area contributed by atoms with E-state index >= 15 is 0 Å². The number of rotatable bonds is 2. The van der Waals surface area contributed by atoms with Crippen molar-refractivity contribution in [3.05, 3.63) is 40.1 Å². The summed E-state index contributed by atoms with van der Waals surface area (Å²) < 4.78 is 0. The maximum atomic E-state index is 11.1. The average molecular weight is 249 g/mol. The fraction of sp³-hybridized carbons (Fsp3) is 0.273. The van der Waals surface area contributed by atoms with E-state index in [1.807, 2.05) is 16.8 Å². The molecule has 0 spiro atoms.